The molecule has 0 bridgehead atoms. The van der Waals surface area contributed by atoms with E-state index in [1.165, 1.54) is 11.9 Å². The van der Waals surface area contributed by atoms with Gasteiger partial charge in [0, 0.05) is 33.4 Å². The summed E-state index contributed by atoms with van der Waals surface area (Å²) >= 11 is 0. The standard InChI is InChI=1S/C19H31N3O5S/c1-5-27-13-9-12-20-19(24)16(2)22(14-17-10-7-6-8-11-17)18(23)15-21(3)28(4,25)26/h6-8,10-11,16H,5,9,12-15H2,1-4H3,(H,20,24)/t16-/m0/s1. The molecule has 1 atom stereocenters. The van der Waals surface area contributed by atoms with Crippen LogP contribution in [0.25, 0.3) is 0 Å². The zero-order chi connectivity index (χ0) is 21.2. The predicted molar refractivity (Wildman–Crippen MR) is 108 cm³/mol. The molecule has 0 aliphatic carbocycles. The zero-order valence-electron chi connectivity index (χ0n) is 17.1. The normalized spacial score (nSPS) is 12.6. The molecule has 1 aromatic carbocycles. The Kier molecular flexibility index (Phi) is 10.1. The SMILES string of the molecule is CCOCCCNC(=O)[C@H](C)N(Cc1ccccc1)C(=O)CN(C)S(C)(=O)=O. The lowest BCUT2D eigenvalue weighted by molar-refractivity contribution is -0.140. The smallest absolute Gasteiger partial charge is 0.242 e. The fourth-order valence-electron chi connectivity index (χ4n) is 2.44. The van der Waals surface area contributed by atoms with Gasteiger partial charge in [0.15, 0.2) is 0 Å². The van der Waals surface area contributed by atoms with Crippen LogP contribution in [0.5, 0.6) is 0 Å². The fraction of sp³-hybridized carbons (Fsp3) is 0.579. The van der Waals surface area contributed by atoms with Crippen LogP contribution in [-0.2, 0) is 30.9 Å². The van der Waals surface area contributed by atoms with E-state index in [0.717, 1.165) is 16.1 Å². The van der Waals surface area contributed by atoms with Crippen molar-refractivity contribution >= 4 is 21.8 Å². The van der Waals surface area contributed by atoms with Crippen LogP contribution in [0.3, 0.4) is 0 Å². The molecule has 1 N–H and O–H groups in total. The Bertz CT molecular complexity index is 724. The minimum Gasteiger partial charge on any atom is -0.382 e. The van der Waals surface area contributed by atoms with E-state index < -0.39 is 22.0 Å². The highest BCUT2D eigenvalue weighted by molar-refractivity contribution is 7.88. The second-order valence-corrected chi connectivity index (χ2v) is 8.63. The second kappa shape index (κ2) is 11.8. The molecule has 0 aliphatic heterocycles. The Morgan fingerprint density at radius 3 is 2.43 bits per heavy atom. The van der Waals surface area contributed by atoms with Crippen molar-refractivity contribution in [2.75, 3.05) is 39.6 Å². The summed E-state index contributed by atoms with van der Waals surface area (Å²) in [5, 5.41) is 2.80. The minimum atomic E-state index is -3.50. The predicted octanol–water partition coefficient (Wildman–Crippen LogP) is 0.838. The molecule has 1 aromatic rings. The highest BCUT2D eigenvalue weighted by Crippen LogP contribution is 2.10. The van der Waals surface area contributed by atoms with E-state index in [4.69, 9.17) is 4.74 Å². The summed E-state index contributed by atoms with van der Waals surface area (Å²) in [7, 11) is -2.16. The van der Waals surface area contributed by atoms with Crippen LogP contribution in [0, 0.1) is 0 Å². The molecule has 0 saturated carbocycles. The van der Waals surface area contributed by atoms with E-state index in [0.29, 0.717) is 26.2 Å². The second-order valence-electron chi connectivity index (χ2n) is 6.54. The van der Waals surface area contributed by atoms with Crippen LogP contribution in [-0.4, -0.2) is 75.1 Å². The number of hydrogen-bond donors (Lipinski definition) is 1. The number of ether oxygens (including phenoxy) is 1. The number of amides is 2. The quantitative estimate of drug-likeness (QED) is 0.512. The lowest BCUT2D eigenvalue weighted by Gasteiger charge is -2.30. The number of hydrogen-bond acceptors (Lipinski definition) is 5. The molecule has 0 saturated heterocycles. The molecule has 0 aromatic heterocycles. The van der Waals surface area contributed by atoms with Gasteiger partial charge in [-0.25, -0.2) is 8.42 Å². The molecule has 0 fully saturated rings. The first-order valence-electron chi connectivity index (χ1n) is 9.27. The van der Waals surface area contributed by atoms with Crippen LogP contribution in [0.2, 0.25) is 0 Å². The van der Waals surface area contributed by atoms with Gasteiger partial charge >= 0.3 is 0 Å². The molecule has 9 heteroatoms. The Morgan fingerprint density at radius 2 is 1.86 bits per heavy atom. The van der Waals surface area contributed by atoms with Crippen LogP contribution in [0.15, 0.2) is 30.3 Å². The monoisotopic (exact) mass is 413 g/mol. The van der Waals surface area contributed by atoms with Gasteiger partial charge < -0.3 is 15.0 Å². The first-order chi connectivity index (χ1) is 13.2. The number of sulfonamides is 1. The molecule has 0 radical (unpaired) electrons. The molecular formula is C19H31N3O5S. The molecule has 8 nitrogen and oxygen atoms in total. The van der Waals surface area contributed by atoms with Gasteiger partial charge in [-0.15, -0.1) is 0 Å². The summed E-state index contributed by atoms with van der Waals surface area (Å²) in [6.45, 7) is 5.05. The van der Waals surface area contributed by atoms with E-state index >= 15 is 0 Å². The number of likely N-dealkylation sites (N-methyl/N-ethyl adjacent to an activating group) is 1. The van der Waals surface area contributed by atoms with E-state index in [2.05, 4.69) is 5.32 Å². The van der Waals surface area contributed by atoms with Crippen LogP contribution in [0.4, 0.5) is 0 Å². The maximum absolute atomic E-state index is 12.8. The third-order valence-electron chi connectivity index (χ3n) is 4.26. The summed E-state index contributed by atoms with van der Waals surface area (Å²) in [5.74, 6) is -0.725. The van der Waals surface area contributed by atoms with Crippen LogP contribution >= 0.6 is 0 Å². The van der Waals surface area contributed by atoms with Gasteiger partial charge in [0.2, 0.25) is 21.8 Å². The Balaban J connectivity index is 2.84. The zero-order valence-corrected chi connectivity index (χ0v) is 17.9. The lowest BCUT2D eigenvalue weighted by atomic mass is 10.1. The molecular weight excluding hydrogens is 382 g/mol. The van der Waals surface area contributed by atoms with Gasteiger partial charge in [0.1, 0.15) is 6.04 Å². The maximum Gasteiger partial charge on any atom is 0.242 e. The molecule has 2 amide bonds. The van der Waals surface area contributed by atoms with Gasteiger partial charge in [-0.05, 0) is 25.8 Å². The summed E-state index contributed by atoms with van der Waals surface area (Å²) in [6, 6.07) is 8.52. The van der Waals surface area contributed by atoms with Crippen molar-refractivity contribution in [1.82, 2.24) is 14.5 Å². The summed E-state index contributed by atoms with van der Waals surface area (Å²) in [6.07, 6.45) is 1.71. The average Bonchev–Trinajstić information content (AvgIpc) is 2.65. The van der Waals surface area contributed by atoms with E-state index in [1.807, 2.05) is 37.3 Å². The highest BCUT2D eigenvalue weighted by Gasteiger charge is 2.28. The Labute approximate surface area is 167 Å². The first kappa shape index (κ1) is 24.1. The number of rotatable bonds is 12. The molecule has 0 heterocycles. The largest absolute Gasteiger partial charge is 0.382 e. The van der Waals surface area contributed by atoms with Crippen LogP contribution < -0.4 is 5.32 Å². The molecule has 158 valence electrons. The minimum absolute atomic E-state index is 0.213. The lowest BCUT2D eigenvalue weighted by Crippen LogP contribution is -2.50. The fourth-order valence-corrected chi connectivity index (χ4v) is 2.78. The number of nitrogens with one attached hydrogen (secondary N) is 1. The summed E-state index contributed by atoms with van der Waals surface area (Å²) in [4.78, 5) is 26.7. The number of nitrogens with zero attached hydrogens (tertiary/aromatic N) is 2. The molecule has 28 heavy (non-hydrogen) atoms. The summed E-state index contributed by atoms with van der Waals surface area (Å²) in [5.41, 5.74) is 0.855. The van der Waals surface area contributed by atoms with Gasteiger partial charge in [0.05, 0.1) is 12.8 Å². The molecule has 0 aliphatic rings. The van der Waals surface area contributed by atoms with Crippen molar-refractivity contribution in [3.05, 3.63) is 35.9 Å². The average molecular weight is 414 g/mol. The first-order valence-corrected chi connectivity index (χ1v) is 11.1. The Morgan fingerprint density at radius 1 is 1.21 bits per heavy atom. The van der Waals surface area contributed by atoms with Crippen LogP contribution in [0.1, 0.15) is 25.8 Å². The van der Waals surface area contributed by atoms with E-state index in [-0.39, 0.29) is 19.0 Å². The van der Waals surface area contributed by atoms with Crippen molar-refractivity contribution in [3.8, 4) is 0 Å². The topological polar surface area (TPSA) is 96.0 Å². The summed E-state index contributed by atoms with van der Waals surface area (Å²) < 4.78 is 29.5. The third kappa shape index (κ3) is 8.37. The van der Waals surface area contributed by atoms with Crippen molar-refractivity contribution in [2.24, 2.45) is 0 Å². The maximum atomic E-state index is 12.8. The molecule has 0 spiro atoms. The van der Waals surface area contributed by atoms with Gasteiger partial charge in [-0.3, -0.25) is 9.59 Å². The van der Waals surface area contributed by atoms with Crippen molar-refractivity contribution in [1.29, 1.82) is 0 Å². The molecule has 1 rings (SSSR count). The van der Waals surface area contributed by atoms with Crippen molar-refractivity contribution < 1.29 is 22.7 Å². The van der Waals surface area contributed by atoms with Crippen molar-refractivity contribution in [2.45, 2.75) is 32.9 Å². The van der Waals surface area contributed by atoms with E-state index in [9.17, 15) is 18.0 Å². The molecule has 0 unspecified atom stereocenters. The highest BCUT2D eigenvalue weighted by atomic mass is 32.2. The van der Waals surface area contributed by atoms with Gasteiger partial charge in [-0.2, -0.15) is 4.31 Å². The van der Waals surface area contributed by atoms with E-state index in [1.54, 1.807) is 6.92 Å². The number of benzene rings is 1. The Hall–Kier alpha value is -1.97. The number of carbonyl (C=O) groups excluding carboxylic acids is 2. The van der Waals surface area contributed by atoms with Gasteiger partial charge in [0.25, 0.3) is 0 Å². The third-order valence-corrected chi connectivity index (χ3v) is 5.52. The number of carbonyl (C=O) groups is 2. The van der Waals surface area contributed by atoms with Gasteiger partial charge in [-0.1, -0.05) is 30.3 Å². The van der Waals surface area contributed by atoms with Crippen molar-refractivity contribution in [3.63, 3.8) is 0 Å².